The molecule has 0 heterocycles. The van der Waals surface area contributed by atoms with E-state index in [0.717, 1.165) is 12.8 Å². The number of nitrogens with zero attached hydrogens (tertiary/aromatic N) is 1. The summed E-state index contributed by atoms with van der Waals surface area (Å²) in [5.74, 6) is -0.125. The van der Waals surface area contributed by atoms with Gasteiger partial charge in [0.1, 0.15) is 0 Å². The quantitative estimate of drug-likeness (QED) is 0.860. The molecule has 1 aliphatic carbocycles. The predicted octanol–water partition coefficient (Wildman–Crippen LogP) is 3.68. The highest BCUT2D eigenvalue weighted by Gasteiger charge is 2.30. The number of halogens is 1. The van der Waals surface area contributed by atoms with Gasteiger partial charge in [0, 0.05) is 12.7 Å². The molecule has 2 aromatic rings. The third-order valence-electron chi connectivity index (χ3n) is 4.15. The molecule has 108 valence electrons. The SMILES string of the molecule is CN(C(=O)c1c(N)cccc1Cl)C1CCc2ccccc21. The van der Waals surface area contributed by atoms with E-state index in [1.165, 1.54) is 11.1 Å². The molecule has 1 unspecified atom stereocenters. The molecular formula is C17H17ClN2O. The largest absolute Gasteiger partial charge is 0.398 e. The average Bonchev–Trinajstić information content (AvgIpc) is 2.90. The molecule has 1 atom stereocenters. The molecule has 3 nitrogen and oxygen atoms in total. The van der Waals surface area contributed by atoms with E-state index < -0.39 is 0 Å². The zero-order chi connectivity index (χ0) is 15.0. The lowest BCUT2D eigenvalue weighted by Crippen LogP contribution is -2.31. The van der Waals surface area contributed by atoms with E-state index in [-0.39, 0.29) is 11.9 Å². The first-order valence-corrected chi connectivity index (χ1v) is 7.36. The summed E-state index contributed by atoms with van der Waals surface area (Å²) in [6.07, 6.45) is 1.93. The van der Waals surface area contributed by atoms with Crippen LogP contribution in [0.3, 0.4) is 0 Å². The topological polar surface area (TPSA) is 46.3 Å². The number of aryl methyl sites for hydroxylation is 1. The first kappa shape index (κ1) is 14.0. The van der Waals surface area contributed by atoms with E-state index in [0.29, 0.717) is 16.3 Å². The lowest BCUT2D eigenvalue weighted by Gasteiger charge is -2.26. The second-order valence-electron chi connectivity index (χ2n) is 5.37. The lowest BCUT2D eigenvalue weighted by atomic mass is 10.1. The van der Waals surface area contributed by atoms with Gasteiger partial charge in [-0.25, -0.2) is 0 Å². The number of anilines is 1. The highest BCUT2D eigenvalue weighted by molar-refractivity contribution is 6.34. The maximum atomic E-state index is 12.7. The number of rotatable bonds is 2. The molecule has 0 fully saturated rings. The van der Waals surface area contributed by atoms with Crippen molar-refractivity contribution >= 4 is 23.2 Å². The molecule has 21 heavy (non-hydrogen) atoms. The van der Waals surface area contributed by atoms with E-state index in [1.54, 1.807) is 23.1 Å². The van der Waals surface area contributed by atoms with Crippen molar-refractivity contribution in [2.24, 2.45) is 0 Å². The Labute approximate surface area is 129 Å². The summed E-state index contributed by atoms with van der Waals surface area (Å²) in [7, 11) is 1.82. The predicted molar refractivity (Wildman–Crippen MR) is 85.5 cm³/mol. The normalized spacial score (nSPS) is 16.6. The molecule has 0 saturated heterocycles. The molecule has 1 aliphatic rings. The smallest absolute Gasteiger partial charge is 0.257 e. The van der Waals surface area contributed by atoms with Crippen LogP contribution in [-0.2, 0) is 6.42 Å². The molecular weight excluding hydrogens is 284 g/mol. The van der Waals surface area contributed by atoms with Crippen LogP contribution in [0.5, 0.6) is 0 Å². The van der Waals surface area contributed by atoms with Gasteiger partial charge in [0.25, 0.3) is 5.91 Å². The number of carbonyl (C=O) groups excluding carboxylic acids is 1. The minimum atomic E-state index is -0.125. The van der Waals surface area contributed by atoms with Gasteiger partial charge in [-0.05, 0) is 36.1 Å². The fourth-order valence-corrected chi connectivity index (χ4v) is 3.28. The molecule has 0 aliphatic heterocycles. The molecule has 1 amide bonds. The van der Waals surface area contributed by atoms with Crippen molar-refractivity contribution in [1.29, 1.82) is 0 Å². The van der Waals surface area contributed by atoms with Crippen molar-refractivity contribution in [3.05, 3.63) is 64.2 Å². The van der Waals surface area contributed by atoms with Crippen molar-refractivity contribution in [1.82, 2.24) is 4.90 Å². The van der Waals surface area contributed by atoms with Crippen LogP contribution < -0.4 is 5.73 Å². The van der Waals surface area contributed by atoms with Crippen LogP contribution in [0.4, 0.5) is 5.69 Å². The second kappa shape index (κ2) is 5.41. The monoisotopic (exact) mass is 300 g/mol. The van der Waals surface area contributed by atoms with Gasteiger partial charge >= 0.3 is 0 Å². The Bertz CT molecular complexity index is 679. The Morgan fingerprint density at radius 1 is 1.24 bits per heavy atom. The van der Waals surface area contributed by atoms with E-state index >= 15 is 0 Å². The molecule has 0 radical (unpaired) electrons. The number of hydrogen-bond donors (Lipinski definition) is 1. The highest BCUT2D eigenvalue weighted by atomic mass is 35.5. The highest BCUT2D eigenvalue weighted by Crippen LogP contribution is 2.36. The van der Waals surface area contributed by atoms with Crippen LogP contribution in [0.25, 0.3) is 0 Å². The van der Waals surface area contributed by atoms with Gasteiger partial charge in [-0.15, -0.1) is 0 Å². The van der Waals surface area contributed by atoms with Gasteiger partial charge < -0.3 is 10.6 Å². The maximum absolute atomic E-state index is 12.7. The molecule has 0 bridgehead atoms. The molecule has 0 aromatic heterocycles. The number of nitrogen functional groups attached to an aromatic ring is 1. The zero-order valence-electron chi connectivity index (χ0n) is 11.8. The van der Waals surface area contributed by atoms with Gasteiger partial charge in [-0.1, -0.05) is 41.9 Å². The summed E-state index contributed by atoms with van der Waals surface area (Å²) >= 11 is 6.15. The van der Waals surface area contributed by atoms with Gasteiger partial charge in [-0.2, -0.15) is 0 Å². The van der Waals surface area contributed by atoms with E-state index in [9.17, 15) is 4.79 Å². The minimum Gasteiger partial charge on any atom is -0.398 e. The summed E-state index contributed by atoms with van der Waals surface area (Å²) in [5.41, 5.74) is 9.27. The molecule has 3 rings (SSSR count). The number of carbonyl (C=O) groups is 1. The first-order chi connectivity index (χ1) is 10.1. The fraction of sp³-hybridized carbons (Fsp3) is 0.235. The van der Waals surface area contributed by atoms with Crippen LogP contribution in [0.15, 0.2) is 42.5 Å². The summed E-state index contributed by atoms with van der Waals surface area (Å²) < 4.78 is 0. The van der Waals surface area contributed by atoms with E-state index in [2.05, 4.69) is 12.1 Å². The van der Waals surface area contributed by atoms with Gasteiger partial charge in [0.15, 0.2) is 0 Å². The van der Waals surface area contributed by atoms with Crippen molar-refractivity contribution < 1.29 is 4.79 Å². The van der Waals surface area contributed by atoms with Gasteiger partial charge in [0.2, 0.25) is 0 Å². The minimum absolute atomic E-state index is 0.0874. The van der Waals surface area contributed by atoms with Crippen molar-refractivity contribution in [3.8, 4) is 0 Å². The summed E-state index contributed by atoms with van der Waals surface area (Å²) in [4.78, 5) is 14.5. The molecule has 2 aromatic carbocycles. The van der Waals surface area contributed by atoms with Crippen LogP contribution in [0.2, 0.25) is 5.02 Å². The fourth-order valence-electron chi connectivity index (χ4n) is 3.02. The number of benzene rings is 2. The van der Waals surface area contributed by atoms with E-state index in [4.69, 9.17) is 17.3 Å². The number of fused-ring (bicyclic) bond motifs is 1. The summed E-state index contributed by atoms with van der Waals surface area (Å²) in [6, 6.07) is 13.5. The molecule has 4 heteroatoms. The number of hydrogen-bond acceptors (Lipinski definition) is 2. The average molecular weight is 301 g/mol. The Morgan fingerprint density at radius 2 is 2.00 bits per heavy atom. The van der Waals surface area contributed by atoms with Crippen LogP contribution in [0.1, 0.15) is 33.9 Å². The van der Waals surface area contributed by atoms with E-state index in [1.807, 2.05) is 19.2 Å². The van der Waals surface area contributed by atoms with Gasteiger partial charge in [-0.3, -0.25) is 4.79 Å². The lowest BCUT2D eigenvalue weighted by molar-refractivity contribution is 0.0732. The summed E-state index contributed by atoms with van der Waals surface area (Å²) in [5, 5.41) is 0.401. The Kier molecular flexibility index (Phi) is 3.60. The Balaban J connectivity index is 1.93. The van der Waals surface area contributed by atoms with Crippen LogP contribution in [0, 0.1) is 0 Å². The number of nitrogens with two attached hydrogens (primary N) is 1. The standard InChI is InChI=1S/C17H17ClN2O/c1-20(15-10-9-11-5-2-3-6-12(11)15)17(21)16-13(18)7-4-8-14(16)19/h2-8,15H,9-10,19H2,1H3. The molecule has 0 spiro atoms. The Hall–Kier alpha value is -2.00. The van der Waals surface area contributed by atoms with Crippen LogP contribution >= 0.6 is 11.6 Å². The second-order valence-corrected chi connectivity index (χ2v) is 5.78. The third kappa shape index (κ3) is 2.38. The Morgan fingerprint density at radius 3 is 2.76 bits per heavy atom. The molecule has 2 N–H and O–H groups in total. The van der Waals surface area contributed by atoms with Crippen molar-refractivity contribution in [2.45, 2.75) is 18.9 Å². The number of amides is 1. The van der Waals surface area contributed by atoms with Crippen molar-refractivity contribution in [2.75, 3.05) is 12.8 Å². The van der Waals surface area contributed by atoms with Crippen LogP contribution in [-0.4, -0.2) is 17.9 Å². The van der Waals surface area contributed by atoms with Crippen molar-refractivity contribution in [3.63, 3.8) is 0 Å². The van der Waals surface area contributed by atoms with Gasteiger partial charge in [0.05, 0.1) is 16.6 Å². The third-order valence-corrected chi connectivity index (χ3v) is 4.46. The molecule has 0 saturated carbocycles. The zero-order valence-corrected chi connectivity index (χ0v) is 12.6. The first-order valence-electron chi connectivity index (χ1n) is 6.98. The maximum Gasteiger partial charge on any atom is 0.257 e. The summed E-state index contributed by atoms with van der Waals surface area (Å²) in [6.45, 7) is 0.